The third-order valence-electron chi connectivity index (χ3n) is 0.0607. The van der Waals surface area contributed by atoms with Crippen LogP contribution in [0.1, 0.15) is 0 Å². The molecule has 0 bridgehead atoms. The second-order valence-electron chi connectivity index (χ2n) is 0.315. The first-order valence-corrected chi connectivity index (χ1v) is 1.85. The predicted molar refractivity (Wildman–Crippen MR) is 21.3 cm³/mol. The van der Waals surface area contributed by atoms with E-state index in [-0.39, 0.29) is 0 Å². The van der Waals surface area contributed by atoms with Gasteiger partial charge in [-0.1, -0.05) is 0 Å². The average molecular weight is 159 g/mol. The van der Waals surface area contributed by atoms with Gasteiger partial charge in [0.05, 0.1) is 0 Å². The van der Waals surface area contributed by atoms with Crippen LogP contribution in [-0.2, 0) is 4.29 Å². The van der Waals surface area contributed by atoms with Crippen LogP contribution >= 0.6 is 27.8 Å². The monoisotopic (exact) mass is 158 g/mol. The normalized spacial score (nSPS) is 6.80. The molecule has 0 aromatic rings. The van der Waals surface area contributed by atoms with Crippen molar-refractivity contribution in [2.75, 3.05) is 0 Å². The van der Waals surface area contributed by atoms with E-state index in [0.717, 1.165) is 0 Å². The van der Waals surface area contributed by atoms with E-state index in [4.69, 9.17) is 0 Å². The molecule has 0 N–H and O–H groups in total. The lowest BCUT2D eigenvalue weighted by Crippen LogP contribution is -1.71. The average Bonchev–Trinajstić information content (AvgIpc) is 1.38. The van der Waals surface area contributed by atoms with Gasteiger partial charge in [-0.05, 0) is 0 Å². The second-order valence-corrected chi connectivity index (χ2v) is 1.12. The predicted octanol–water partition coefficient (Wildman–Crippen LogP) is 1.67. The van der Waals surface area contributed by atoms with Crippen LogP contribution in [0.3, 0.4) is 0 Å². The Bertz CT molecular complexity index is 44.9. The molecule has 30 valence electrons. The molecule has 0 aliphatic rings. The molecule has 0 saturated carbocycles. The highest BCUT2D eigenvalue weighted by molar-refractivity contribution is 9.18. The van der Waals surface area contributed by atoms with Crippen LogP contribution in [0.5, 0.6) is 0 Å². The van der Waals surface area contributed by atoms with E-state index in [1.54, 1.807) is 0 Å². The largest absolute Gasteiger partial charge is 0.392 e. The molecule has 0 spiro atoms. The van der Waals surface area contributed by atoms with Gasteiger partial charge in [-0.2, -0.15) is 0 Å². The van der Waals surface area contributed by atoms with Crippen LogP contribution in [0.2, 0.25) is 0 Å². The van der Waals surface area contributed by atoms with Crippen molar-refractivity contribution in [1.29, 1.82) is 0 Å². The van der Waals surface area contributed by atoms with Crippen molar-refractivity contribution < 1.29 is 9.08 Å². The summed E-state index contributed by atoms with van der Waals surface area (Å²) in [7, 11) is 0. The highest BCUT2D eigenvalue weighted by atomic mass is 79.9. The maximum atomic E-state index is 9.38. The molecule has 0 aliphatic carbocycles. The van der Waals surface area contributed by atoms with Crippen molar-refractivity contribution in [1.82, 2.24) is 0 Å². The topological polar surface area (TPSA) is 26.3 Å². The maximum absolute atomic E-state index is 9.38. The van der Waals surface area contributed by atoms with Crippen LogP contribution < -0.4 is 0 Å². The van der Waals surface area contributed by atoms with Gasteiger partial charge in [-0.3, -0.25) is 0 Å². The van der Waals surface area contributed by atoms with E-state index >= 15 is 0 Å². The van der Waals surface area contributed by atoms with E-state index in [1.165, 1.54) is 0 Å². The van der Waals surface area contributed by atoms with Crippen LogP contribution in [0, 0.1) is 0 Å². The highest BCUT2D eigenvalue weighted by Gasteiger charge is 1.83. The first-order valence-electron chi connectivity index (χ1n) is 0.752. The molecular formula is CBrClO2. The summed E-state index contributed by atoms with van der Waals surface area (Å²) in [6, 6.07) is 0. The summed E-state index contributed by atoms with van der Waals surface area (Å²) in [6.45, 7) is 0. The second kappa shape index (κ2) is 2.48. The molecule has 0 radical (unpaired) electrons. The first-order chi connectivity index (χ1) is 2.27. The van der Waals surface area contributed by atoms with Gasteiger partial charge in [0.15, 0.2) is 0 Å². The molecule has 2 nitrogen and oxygen atoms in total. The lowest BCUT2D eigenvalue weighted by atomic mass is 11.6. The third-order valence-corrected chi connectivity index (χ3v) is 0.549. The van der Waals surface area contributed by atoms with Crippen molar-refractivity contribution in [2.45, 2.75) is 0 Å². The molecule has 0 aromatic heterocycles. The zero-order valence-corrected chi connectivity index (χ0v) is 4.41. The number of rotatable bonds is 0. The number of carbonyl (C=O) groups is 1. The summed E-state index contributed by atoms with van der Waals surface area (Å²) in [5, 5.41) is 0. The molecule has 0 aromatic carbocycles. The first kappa shape index (κ1) is 5.24. The third kappa shape index (κ3) is 4.24. The Labute approximate surface area is 42.4 Å². The molecule has 5 heavy (non-hydrogen) atoms. The SMILES string of the molecule is O=C(Br)OCl. The lowest BCUT2D eigenvalue weighted by Gasteiger charge is -1.71. The summed E-state index contributed by atoms with van der Waals surface area (Å²) in [6.07, 6.45) is 0. The van der Waals surface area contributed by atoms with Gasteiger partial charge >= 0.3 is 4.88 Å². The molecule has 0 unspecified atom stereocenters. The quantitative estimate of drug-likeness (QED) is 0.503. The van der Waals surface area contributed by atoms with E-state index in [1.807, 2.05) is 0 Å². The van der Waals surface area contributed by atoms with Gasteiger partial charge in [-0.15, -0.1) is 0 Å². The zero-order valence-electron chi connectivity index (χ0n) is 2.07. The van der Waals surface area contributed by atoms with Gasteiger partial charge in [0, 0.05) is 15.9 Å². The fourth-order valence-electron chi connectivity index (χ4n) is 0. The molecule has 0 atom stereocenters. The summed E-state index contributed by atoms with van der Waals surface area (Å²) < 4.78 is 3.50. The summed E-state index contributed by atoms with van der Waals surface area (Å²) >= 11 is 6.82. The van der Waals surface area contributed by atoms with Crippen LogP contribution in [-0.4, -0.2) is 4.88 Å². The van der Waals surface area contributed by atoms with Gasteiger partial charge in [-0.25, -0.2) is 4.79 Å². The van der Waals surface area contributed by atoms with Crippen LogP contribution in [0.25, 0.3) is 0 Å². The molecule has 0 amide bonds. The minimum absolute atomic E-state index is 0.667. The molecule has 0 saturated heterocycles. The Morgan fingerprint density at radius 3 is 2.20 bits per heavy atom. The molecule has 0 rings (SSSR count). The minimum Gasteiger partial charge on any atom is -0.338 e. The van der Waals surface area contributed by atoms with Crippen LogP contribution in [0.15, 0.2) is 0 Å². The van der Waals surface area contributed by atoms with Crippen molar-refractivity contribution in [3.05, 3.63) is 0 Å². The van der Waals surface area contributed by atoms with Gasteiger partial charge in [0.2, 0.25) is 0 Å². The summed E-state index contributed by atoms with van der Waals surface area (Å²) in [5.41, 5.74) is 0. The Balaban J connectivity index is 2.85. The van der Waals surface area contributed by atoms with E-state index < -0.39 is 4.88 Å². The highest BCUT2D eigenvalue weighted by Crippen LogP contribution is 1.90. The van der Waals surface area contributed by atoms with Crippen LogP contribution in [0.4, 0.5) is 4.79 Å². The van der Waals surface area contributed by atoms with Gasteiger partial charge in [0.1, 0.15) is 11.9 Å². The Kier molecular flexibility index (Phi) is 2.59. The number of halogens is 2. The minimum atomic E-state index is -0.667. The van der Waals surface area contributed by atoms with Crippen molar-refractivity contribution >= 4 is 32.7 Å². The fourth-order valence-corrected chi connectivity index (χ4v) is 0. The smallest absolute Gasteiger partial charge is 0.338 e. The van der Waals surface area contributed by atoms with E-state index in [0.29, 0.717) is 0 Å². The Morgan fingerprint density at radius 2 is 2.20 bits per heavy atom. The lowest BCUT2D eigenvalue weighted by molar-refractivity contribution is 0.232. The molecule has 0 fully saturated rings. The standard InChI is InChI=1S/CBrClO2/c2-1(4)5-3. The number of carbonyl (C=O) groups excluding carboxylic acids is 1. The summed E-state index contributed by atoms with van der Waals surface area (Å²) in [4.78, 5) is 8.71. The van der Waals surface area contributed by atoms with E-state index in [9.17, 15) is 4.79 Å². The Morgan fingerprint density at radius 1 is 2.00 bits per heavy atom. The van der Waals surface area contributed by atoms with Crippen molar-refractivity contribution in [2.24, 2.45) is 0 Å². The molecule has 0 heterocycles. The van der Waals surface area contributed by atoms with E-state index in [2.05, 4.69) is 32.1 Å². The van der Waals surface area contributed by atoms with Gasteiger partial charge < -0.3 is 4.29 Å². The maximum Gasteiger partial charge on any atom is 0.392 e. The Hall–Kier alpha value is 0.240. The summed E-state index contributed by atoms with van der Waals surface area (Å²) in [5.74, 6) is 0. The fraction of sp³-hybridized carbons (Fsp3) is 0. The van der Waals surface area contributed by atoms with Gasteiger partial charge in [0.25, 0.3) is 0 Å². The molecular weight excluding hydrogens is 159 g/mol. The zero-order chi connectivity index (χ0) is 4.28. The number of hydrogen-bond donors (Lipinski definition) is 0. The molecule has 4 heteroatoms. The van der Waals surface area contributed by atoms with Crippen molar-refractivity contribution in [3.63, 3.8) is 0 Å². The molecule has 0 aliphatic heterocycles. The van der Waals surface area contributed by atoms with Crippen molar-refractivity contribution in [3.8, 4) is 0 Å². The number of hydrogen-bond acceptors (Lipinski definition) is 2.